The summed E-state index contributed by atoms with van der Waals surface area (Å²) >= 11 is 1.70. The average Bonchev–Trinajstić information content (AvgIpc) is 3.28. The minimum absolute atomic E-state index is 0.218. The summed E-state index contributed by atoms with van der Waals surface area (Å²) in [6, 6.07) is 18.7. The van der Waals surface area contributed by atoms with E-state index in [1.807, 2.05) is 24.4 Å². The van der Waals surface area contributed by atoms with Gasteiger partial charge in [-0.1, -0.05) is 54.2 Å². The monoisotopic (exact) mass is 521 g/mol. The highest BCUT2D eigenvalue weighted by Crippen LogP contribution is 2.41. The van der Waals surface area contributed by atoms with Gasteiger partial charge < -0.3 is 14.6 Å². The molecule has 37 heavy (non-hydrogen) atoms. The highest BCUT2D eigenvalue weighted by molar-refractivity contribution is 8.00. The maximum atomic E-state index is 10.7. The molecule has 0 amide bonds. The highest BCUT2D eigenvalue weighted by atomic mass is 32.2. The number of methoxy groups -OCH3 is 1. The summed E-state index contributed by atoms with van der Waals surface area (Å²) < 4.78 is 13.1. The molecule has 0 unspecified atom stereocenters. The van der Waals surface area contributed by atoms with Crippen molar-refractivity contribution in [3.05, 3.63) is 54.6 Å². The Morgan fingerprint density at radius 1 is 1.11 bits per heavy atom. The number of carboxylic acids is 1. The third-order valence-corrected chi connectivity index (χ3v) is 7.65. The molecule has 0 saturated heterocycles. The second-order valence-electron chi connectivity index (χ2n) is 9.36. The van der Waals surface area contributed by atoms with Gasteiger partial charge in [0.25, 0.3) is 0 Å². The van der Waals surface area contributed by atoms with Crippen molar-refractivity contribution in [3.63, 3.8) is 0 Å². The van der Waals surface area contributed by atoms with Crippen LogP contribution in [0.25, 0.3) is 22.4 Å². The fraction of sp³-hybridized carbons (Fsp3) is 0.414. The van der Waals surface area contributed by atoms with Crippen molar-refractivity contribution < 1.29 is 19.4 Å². The third-order valence-electron chi connectivity index (χ3n) is 6.78. The molecule has 0 bridgehead atoms. The highest BCUT2D eigenvalue weighted by Gasteiger charge is 2.26. The topological polar surface area (TPSA) is 85.9 Å². The quantitative estimate of drug-likeness (QED) is 0.235. The number of thioether (sulfide) groups is 1. The number of nitrogens with zero attached hydrogens (tertiary/aromatic N) is 3. The van der Waals surface area contributed by atoms with Crippen molar-refractivity contribution in [2.75, 3.05) is 33.1 Å². The van der Waals surface area contributed by atoms with E-state index in [9.17, 15) is 4.79 Å². The molecule has 196 valence electrons. The lowest BCUT2D eigenvalue weighted by molar-refractivity contribution is -0.142. The number of aromatic nitrogens is 2. The summed E-state index contributed by atoms with van der Waals surface area (Å²) in [5.41, 5.74) is 4.46. The first-order chi connectivity index (χ1) is 18.1. The molecule has 7 nitrogen and oxygen atoms in total. The molecule has 1 fully saturated rings. The van der Waals surface area contributed by atoms with E-state index in [0.29, 0.717) is 18.4 Å². The Kier molecular flexibility index (Phi) is 9.79. The van der Waals surface area contributed by atoms with Crippen molar-refractivity contribution in [2.24, 2.45) is 16.8 Å². The molecule has 0 aliphatic heterocycles. The number of aliphatic carboxylic acids is 1. The van der Waals surface area contributed by atoms with Crippen LogP contribution < -0.4 is 4.74 Å². The zero-order chi connectivity index (χ0) is 26.0. The summed E-state index contributed by atoms with van der Waals surface area (Å²) in [7, 11) is 3.48. The van der Waals surface area contributed by atoms with Crippen molar-refractivity contribution >= 4 is 23.9 Å². The molecule has 0 atom stereocenters. The van der Waals surface area contributed by atoms with E-state index in [4.69, 9.17) is 19.7 Å². The Bertz CT molecular complexity index is 1190. The van der Waals surface area contributed by atoms with Crippen LogP contribution >= 0.6 is 11.8 Å². The molecule has 1 aromatic heterocycles. The van der Waals surface area contributed by atoms with E-state index in [1.54, 1.807) is 25.9 Å². The van der Waals surface area contributed by atoms with Gasteiger partial charge in [-0.05, 0) is 55.2 Å². The number of aliphatic imine (C=N–C) groups is 1. The van der Waals surface area contributed by atoms with E-state index >= 15 is 0 Å². The van der Waals surface area contributed by atoms with Crippen molar-refractivity contribution in [2.45, 2.75) is 37.3 Å². The minimum atomic E-state index is -0.911. The van der Waals surface area contributed by atoms with E-state index in [1.165, 1.54) is 0 Å². The lowest BCUT2D eigenvalue weighted by Gasteiger charge is -2.28. The van der Waals surface area contributed by atoms with Crippen molar-refractivity contribution in [3.8, 4) is 28.1 Å². The number of rotatable bonds is 12. The van der Waals surface area contributed by atoms with Gasteiger partial charge in [-0.15, -0.1) is 0 Å². The number of carboxylic acid groups (broad SMARTS) is 1. The Morgan fingerprint density at radius 3 is 2.54 bits per heavy atom. The Balaban J connectivity index is 1.64. The maximum Gasteiger partial charge on any atom is 0.329 e. The number of hydrogen-bond acceptors (Lipinski definition) is 6. The van der Waals surface area contributed by atoms with Crippen LogP contribution in [0.1, 0.15) is 25.7 Å². The van der Waals surface area contributed by atoms with Gasteiger partial charge in [0.1, 0.15) is 17.4 Å². The van der Waals surface area contributed by atoms with Gasteiger partial charge in [0.15, 0.2) is 0 Å². The largest absolute Gasteiger partial charge is 0.497 e. The van der Waals surface area contributed by atoms with Crippen LogP contribution in [0.15, 0.2) is 64.6 Å². The van der Waals surface area contributed by atoms with Crippen molar-refractivity contribution in [1.82, 2.24) is 9.78 Å². The van der Waals surface area contributed by atoms with Crippen LogP contribution in [0.5, 0.6) is 5.75 Å². The number of carbonyl (C=O) groups is 1. The fourth-order valence-corrected chi connectivity index (χ4v) is 5.83. The molecule has 2 aromatic carbocycles. The van der Waals surface area contributed by atoms with Crippen LogP contribution in [-0.4, -0.2) is 60.2 Å². The van der Waals surface area contributed by atoms with Gasteiger partial charge in [0.2, 0.25) is 0 Å². The molecule has 3 aromatic rings. The maximum absolute atomic E-state index is 10.7. The van der Waals surface area contributed by atoms with Gasteiger partial charge in [-0.3, -0.25) is 9.67 Å². The molecular formula is C29H35N3O4S. The minimum Gasteiger partial charge on any atom is -0.497 e. The summed E-state index contributed by atoms with van der Waals surface area (Å²) in [5.74, 6) is 1.59. The fourth-order valence-electron chi connectivity index (χ4n) is 4.93. The number of ether oxygens (including phenoxy) is 2. The van der Waals surface area contributed by atoms with Crippen molar-refractivity contribution in [1.29, 1.82) is 0 Å². The smallest absolute Gasteiger partial charge is 0.329 e. The summed E-state index contributed by atoms with van der Waals surface area (Å²) in [5, 5.41) is 15.0. The second-order valence-corrected chi connectivity index (χ2v) is 10.4. The molecular weight excluding hydrogens is 486 g/mol. The van der Waals surface area contributed by atoms with Crippen LogP contribution in [0.3, 0.4) is 0 Å². The molecule has 0 spiro atoms. The molecule has 1 heterocycles. The molecule has 8 heteroatoms. The molecule has 1 aliphatic carbocycles. The first kappa shape index (κ1) is 26.9. The van der Waals surface area contributed by atoms with Crippen LogP contribution in [0.4, 0.5) is 0 Å². The standard InChI is InChI=1S/C29H35N3O4S/c1-30-15-16-37-29-27(24-9-6-10-25(17-24)35-2)28(23-7-4-3-5-8-23)32(31-29)18-21-11-13-22(14-12-21)19-36-20-26(33)34/h3-10,15,17,21-22H,11-14,16,18-20H2,1-2H3,(H,33,34)/t21-,22+. The summed E-state index contributed by atoms with van der Waals surface area (Å²) in [4.78, 5) is 14.9. The summed E-state index contributed by atoms with van der Waals surface area (Å²) in [6.45, 7) is 1.14. The predicted octanol–water partition coefficient (Wildman–Crippen LogP) is 5.93. The molecule has 0 radical (unpaired) electrons. The van der Waals surface area contributed by atoms with E-state index in [0.717, 1.165) is 71.1 Å². The average molecular weight is 522 g/mol. The van der Waals surface area contributed by atoms with E-state index in [2.05, 4.69) is 46.1 Å². The number of benzene rings is 2. The van der Waals surface area contributed by atoms with E-state index < -0.39 is 5.97 Å². The third kappa shape index (κ3) is 7.23. The normalized spacial score (nSPS) is 17.8. The zero-order valence-corrected chi connectivity index (χ0v) is 22.3. The lowest BCUT2D eigenvalue weighted by atomic mass is 9.82. The van der Waals surface area contributed by atoms with E-state index in [-0.39, 0.29) is 6.61 Å². The predicted molar refractivity (Wildman–Crippen MR) is 149 cm³/mol. The van der Waals surface area contributed by atoms with Gasteiger partial charge in [0.05, 0.1) is 19.4 Å². The van der Waals surface area contributed by atoms with Gasteiger partial charge in [0, 0.05) is 36.7 Å². The van der Waals surface area contributed by atoms with Crippen LogP contribution in [-0.2, 0) is 16.1 Å². The molecule has 1 saturated carbocycles. The molecule has 1 aliphatic rings. The van der Waals surface area contributed by atoms with Crippen LogP contribution in [0, 0.1) is 11.8 Å². The summed E-state index contributed by atoms with van der Waals surface area (Å²) in [6.07, 6.45) is 6.16. The number of hydrogen-bond donors (Lipinski definition) is 1. The first-order valence-corrected chi connectivity index (χ1v) is 13.7. The van der Waals surface area contributed by atoms with Gasteiger partial charge in [-0.25, -0.2) is 4.79 Å². The first-order valence-electron chi connectivity index (χ1n) is 12.7. The lowest BCUT2D eigenvalue weighted by Crippen LogP contribution is -2.23. The molecule has 1 N–H and O–H groups in total. The van der Waals surface area contributed by atoms with Gasteiger partial charge in [-0.2, -0.15) is 5.10 Å². The second kappa shape index (κ2) is 13.4. The van der Waals surface area contributed by atoms with Crippen LogP contribution in [0.2, 0.25) is 0 Å². The molecule has 4 rings (SSSR count). The Labute approximate surface area is 222 Å². The van der Waals surface area contributed by atoms with Gasteiger partial charge >= 0.3 is 5.97 Å². The Morgan fingerprint density at radius 2 is 1.84 bits per heavy atom. The zero-order valence-electron chi connectivity index (χ0n) is 21.5. The Hall–Kier alpha value is -3.10. The SMILES string of the molecule is CN=CCSc1nn(C[C@H]2CC[C@@H](COCC(=O)O)CC2)c(-c2ccccc2)c1-c1cccc(OC)c1.